The molecule has 0 aromatic heterocycles. The van der Waals surface area contributed by atoms with Gasteiger partial charge in [0.25, 0.3) is 0 Å². The van der Waals surface area contributed by atoms with Crippen molar-refractivity contribution in [1.29, 1.82) is 0 Å². The highest BCUT2D eigenvalue weighted by Gasteiger charge is 2.34. The summed E-state index contributed by atoms with van der Waals surface area (Å²) in [6.45, 7) is 4.48. The number of benzene rings is 1. The van der Waals surface area contributed by atoms with Crippen molar-refractivity contribution in [3.63, 3.8) is 0 Å². The molecule has 1 saturated carbocycles. The molecule has 0 saturated heterocycles. The summed E-state index contributed by atoms with van der Waals surface area (Å²) in [6, 6.07) is 6.80. The molecule has 6 heteroatoms. The quantitative estimate of drug-likeness (QED) is 0.662. The Morgan fingerprint density at radius 3 is 2.38 bits per heavy atom. The highest BCUT2D eigenvalue weighted by Crippen LogP contribution is 2.38. The fraction of sp³-hybridized carbons (Fsp3) is 0.600. The normalized spacial score (nSPS) is 19.7. The number of nitrogens with one attached hydrogen (secondary N) is 1. The monoisotopic (exact) mass is 311 g/mol. The van der Waals surface area contributed by atoms with Crippen molar-refractivity contribution < 1.29 is 8.42 Å². The molecule has 2 rings (SSSR count). The van der Waals surface area contributed by atoms with Gasteiger partial charge in [0.15, 0.2) is 0 Å². The molecule has 0 heterocycles. The van der Waals surface area contributed by atoms with Crippen LogP contribution in [-0.4, -0.2) is 25.8 Å². The minimum absolute atomic E-state index is 0.0638. The summed E-state index contributed by atoms with van der Waals surface area (Å²) < 4.78 is 27.1. The van der Waals surface area contributed by atoms with Crippen LogP contribution in [-0.2, 0) is 10.0 Å². The van der Waals surface area contributed by atoms with Crippen molar-refractivity contribution in [2.24, 2.45) is 11.3 Å². The summed E-state index contributed by atoms with van der Waals surface area (Å²) in [4.78, 5) is 0.236. The van der Waals surface area contributed by atoms with E-state index in [0.717, 1.165) is 25.7 Å². The van der Waals surface area contributed by atoms with E-state index in [-0.39, 0.29) is 10.9 Å². The fourth-order valence-electron chi connectivity index (χ4n) is 2.91. The minimum Gasteiger partial charge on any atom is -0.323 e. The lowest BCUT2D eigenvalue weighted by atomic mass is 9.76. The van der Waals surface area contributed by atoms with Crippen LogP contribution in [0.4, 0.5) is 5.69 Å². The van der Waals surface area contributed by atoms with Crippen LogP contribution >= 0.6 is 0 Å². The molecule has 0 atom stereocenters. The van der Waals surface area contributed by atoms with Gasteiger partial charge < -0.3 is 5.43 Å². The highest BCUT2D eigenvalue weighted by molar-refractivity contribution is 7.89. The van der Waals surface area contributed by atoms with E-state index in [9.17, 15) is 8.42 Å². The number of rotatable bonds is 4. The zero-order chi connectivity index (χ0) is 15.7. The maximum absolute atomic E-state index is 12.8. The molecule has 1 aliphatic carbocycles. The van der Waals surface area contributed by atoms with Crippen LogP contribution in [0.3, 0.4) is 0 Å². The van der Waals surface area contributed by atoms with Gasteiger partial charge in [0.1, 0.15) is 4.90 Å². The molecule has 0 amide bonds. The Kier molecular flexibility index (Phi) is 4.60. The minimum atomic E-state index is -3.53. The van der Waals surface area contributed by atoms with Crippen LogP contribution in [0.1, 0.15) is 39.5 Å². The molecule has 3 N–H and O–H groups in total. The maximum Gasteiger partial charge on any atom is 0.245 e. The summed E-state index contributed by atoms with van der Waals surface area (Å²) in [5.74, 6) is 5.43. The maximum atomic E-state index is 12.8. The predicted octanol–water partition coefficient (Wildman–Crippen LogP) is 2.56. The fourth-order valence-corrected chi connectivity index (χ4v) is 4.48. The van der Waals surface area contributed by atoms with Gasteiger partial charge in [0, 0.05) is 13.1 Å². The number of hydrazine groups is 1. The van der Waals surface area contributed by atoms with E-state index in [1.54, 1.807) is 31.3 Å². The van der Waals surface area contributed by atoms with Gasteiger partial charge >= 0.3 is 0 Å². The summed E-state index contributed by atoms with van der Waals surface area (Å²) in [5.41, 5.74) is 3.22. The SMILES string of the molecule is CN(C1CCC(C)(C)CC1)S(=O)(=O)c1ccccc1NN. The molecule has 118 valence electrons. The molecule has 0 spiro atoms. The van der Waals surface area contributed by atoms with Crippen molar-refractivity contribution in [2.75, 3.05) is 12.5 Å². The molecule has 0 radical (unpaired) electrons. The first kappa shape index (κ1) is 16.3. The van der Waals surface area contributed by atoms with E-state index in [4.69, 9.17) is 5.84 Å². The van der Waals surface area contributed by atoms with Gasteiger partial charge in [-0.2, -0.15) is 4.31 Å². The molecule has 21 heavy (non-hydrogen) atoms. The van der Waals surface area contributed by atoms with Crippen LogP contribution < -0.4 is 11.3 Å². The number of nitrogen functional groups attached to an aromatic ring is 1. The predicted molar refractivity (Wildman–Crippen MR) is 85.2 cm³/mol. The Labute approximate surface area is 127 Å². The first-order chi connectivity index (χ1) is 9.78. The van der Waals surface area contributed by atoms with E-state index in [2.05, 4.69) is 19.3 Å². The largest absolute Gasteiger partial charge is 0.323 e. The summed E-state index contributed by atoms with van der Waals surface area (Å²) in [5, 5.41) is 0. The first-order valence-electron chi connectivity index (χ1n) is 7.32. The second kappa shape index (κ2) is 5.94. The molecule has 1 aromatic rings. The van der Waals surface area contributed by atoms with Crippen molar-refractivity contribution in [2.45, 2.75) is 50.5 Å². The number of hydrogen-bond acceptors (Lipinski definition) is 4. The number of para-hydroxylation sites is 1. The first-order valence-corrected chi connectivity index (χ1v) is 8.76. The van der Waals surface area contributed by atoms with Gasteiger partial charge in [0.05, 0.1) is 5.69 Å². The molecular weight excluding hydrogens is 286 g/mol. The van der Waals surface area contributed by atoms with E-state index in [1.807, 2.05) is 0 Å². The van der Waals surface area contributed by atoms with Gasteiger partial charge in [-0.15, -0.1) is 0 Å². The van der Waals surface area contributed by atoms with E-state index in [0.29, 0.717) is 11.1 Å². The highest BCUT2D eigenvalue weighted by atomic mass is 32.2. The summed E-state index contributed by atoms with van der Waals surface area (Å²) in [6.07, 6.45) is 3.91. The van der Waals surface area contributed by atoms with Crippen LogP contribution in [0.5, 0.6) is 0 Å². The Morgan fingerprint density at radius 2 is 1.81 bits per heavy atom. The van der Waals surface area contributed by atoms with Gasteiger partial charge in [-0.3, -0.25) is 5.84 Å². The van der Waals surface area contributed by atoms with E-state index < -0.39 is 10.0 Å². The van der Waals surface area contributed by atoms with Gasteiger partial charge in [-0.1, -0.05) is 26.0 Å². The van der Waals surface area contributed by atoms with E-state index >= 15 is 0 Å². The summed E-state index contributed by atoms with van der Waals surface area (Å²) in [7, 11) is -1.86. The van der Waals surface area contributed by atoms with Crippen molar-refractivity contribution in [3.05, 3.63) is 24.3 Å². The Hall–Kier alpha value is -1.11. The standard InChI is InChI=1S/C15H25N3O2S/c1-15(2)10-8-12(9-11-15)18(3)21(19,20)14-7-5-4-6-13(14)17-16/h4-7,12,17H,8-11,16H2,1-3H3. The molecule has 0 bridgehead atoms. The third kappa shape index (κ3) is 3.39. The number of anilines is 1. The van der Waals surface area contributed by atoms with Crippen molar-refractivity contribution >= 4 is 15.7 Å². The van der Waals surface area contributed by atoms with Crippen LogP contribution in [0.15, 0.2) is 29.2 Å². The van der Waals surface area contributed by atoms with Gasteiger partial charge in [-0.25, -0.2) is 8.42 Å². The number of hydrogen-bond donors (Lipinski definition) is 2. The van der Waals surface area contributed by atoms with E-state index in [1.165, 1.54) is 4.31 Å². The molecular formula is C15H25N3O2S. The molecule has 1 aliphatic rings. The Bertz CT molecular complexity index is 589. The molecule has 0 unspecified atom stereocenters. The second-order valence-electron chi connectivity index (χ2n) is 6.56. The second-order valence-corrected chi connectivity index (χ2v) is 8.52. The lowest BCUT2D eigenvalue weighted by molar-refractivity contribution is 0.174. The summed E-state index contributed by atoms with van der Waals surface area (Å²) >= 11 is 0. The third-order valence-corrected chi connectivity index (χ3v) is 6.49. The molecule has 1 aromatic carbocycles. The lowest BCUT2D eigenvalue weighted by Crippen LogP contribution is -2.41. The average molecular weight is 311 g/mol. The zero-order valence-corrected chi connectivity index (χ0v) is 13.8. The van der Waals surface area contributed by atoms with Crippen LogP contribution in [0, 0.1) is 5.41 Å². The Morgan fingerprint density at radius 1 is 1.24 bits per heavy atom. The number of nitrogens with zero attached hydrogens (tertiary/aromatic N) is 1. The molecule has 0 aliphatic heterocycles. The van der Waals surface area contributed by atoms with Crippen molar-refractivity contribution in [3.8, 4) is 0 Å². The van der Waals surface area contributed by atoms with Gasteiger partial charge in [0.2, 0.25) is 10.0 Å². The number of nitrogens with two attached hydrogens (primary N) is 1. The van der Waals surface area contributed by atoms with Crippen molar-refractivity contribution in [1.82, 2.24) is 4.31 Å². The molecule has 1 fully saturated rings. The molecule has 5 nitrogen and oxygen atoms in total. The topological polar surface area (TPSA) is 75.4 Å². The Balaban J connectivity index is 2.23. The third-order valence-electron chi connectivity index (χ3n) is 4.52. The van der Waals surface area contributed by atoms with Crippen LogP contribution in [0.25, 0.3) is 0 Å². The van der Waals surface area contributed by atoms with Crippen LogP contribution in [0.2, 0.25) is 0 Å². The smallest absolute Gasteiger partial charge is 0.245 e. The average Bonchev–Trinajstić information content (AvgIpc) is 2.46. The van der Waals surface area contributed by atoms with Gasteiger partial charge in [-0.05, 0) is 43.2 Å². The number of sulfonamides is 1. The zero-order valence-electron chi connectivity index (χ0n) is 13.0. The lowest BCUT2D eigenvalue weighted by Gasteiger charge is -2.38.